The van der Waals surface area contributed by atoms with E-state index in [1.54, 1.807) is 36.6 Å². The van der Waals surface area contributed by atoms with Crippen LogP contribution < -0.4 is 20.7 Å². The smallest absolute Gasteiger partial charge is 0.320 e. The number of hydrogen-bond acceptors (Lipinski definition) is 10. The SMILES string of the molecule is Cn1cc(-c2ccnc(N3CC[N+]4=C(CC5=C4CCCC5)C3=O)c2CO)nc(Nc2ccc(N3CCN(C4COC4)CC3)nc2)c1=O. The molecule has 1 aliphatic carbocycles. The Kier molecular flexibility index (Phi) is 7.82. The van der Waals surface area contributed by atoms with Crippen LogP contribution in [0.1, 0.15) is 37.7 Å². The third-order valence-corrected chi connectivity index (χ3v) is 10.2. The van der Waals surface area contributed by atoms with E-state index in [0.29, 0.717) is 53.9 Å². The minimum absolute atomic E-state index is 0.0634. The zero-order chi connectivity index (χ0) is 32.1. The Bertz CT molecular complexity index is 1840. The molecule has 0 aromatic carbocycles. The Morgan fingerprint density at radius 1 is 1.04 bits per heavy atom. The Morgan fingerprint density at radius 2 is 1.87 bits per heavy atom. The molecule has 0 radical (unpaired) electrons. The maximum atomic E-state index is 13.8. The van der Waals surface area contributed by atoms with Crippen molar-refractivity contribution in [3.8, 4) is 11.3 Å². The number of aryl methyl sites for hydroxylation is 1. The number of carbonyl (C=O) groups excluding carboxylic acids is 1. The molecule has 1 amide bonds. The summed E-state index contributed by atoms with van der Waals surface area (Å²) in [5, 5.41) is 13.8. The second kappa shape index (κ2) is 12.3. The molecule has 0 atom stereocenters. The van der Waals surface area contributed by atoms with Gasteiger partial charge < -0.3 is 24.6 Å². The van der Waals surface area contributed by atoms with Crippen LogP contribution in [0.5, 0.6) is 0 Å². The summed E-state index contributed by atoms with van der Waals surface area (Å²) in [5.41, 5.74) is 5.47. The number of carbonyl (C=O) groups is 1. The molecule has 0 spiro atoms. The van der Waals surface area contributed by atoms with Gasteiger partial charge in [0.05, 0.1) is 56.4 Å². The van der Waals surface area contributed by atoms with Crippen LogP contribution in [0.25, 0.3) is 11.3 Å². The van der Waals surface area contributed by atoms with Crippen molar-refractivity contribution in [2.75, 3.05) is 67.6 Å². The van der Waals surface area contributed by atoms with Gasteiger partial charge in [-0.2, -0.15) is 4.58 Å². The zero-order valence-electron chi connectivity index (χ0n) is 26.7. The highest BCUT2D eigenvalue weighted by molar-refractivity contribution is 6.43. The largest absolute Gasteiger partial charge is 0.392 e. The standard InChI is InChI=1S/C34H39N9O4/c1-39-18-27(38-31(34(39)46)37-23-6-7-30(36-17-23)41-12-10-40(11-13-41)24-20-47-21-24)25-8-9-35-32(26(25)19-44)43-15-14-42-28-5-3-2-4-22(28)16-29(42)33(43)45/h6-9,17-18,24,44H,2-5,10-16,19-21H2,1H3/p+1. The number of ether oxygens (including phenoxy) is 1. The number of hydrogen-bond donors (Lipinski definition) is 2. The zero-order valence-corrected chi connectivity index (χ0v) is 26.7. The van der Waals surface area contributed by atoms with E-state index in [4.69, 9.17) is 9.72 Å². The summed E-state index contributed by atoms with van der Waals surface area (Å²) in [6.45, 7) is 6.28. The van der Waals surface area contributed by atoms with Crippen molar-refractivity contribution in [1.29, 1.82) is 0 Å². The third-order valence-electron chi connectivity index (χ3n) is 10.2. The van der Waals surface area contributed by atoms with Gasteiger partial charge >= 0.3 is 5.91 Å². The topological polar surface area (TPSA) is 132 Å². The van der Waals surface area contributed by atoms with Gasteiger partial charge in [0.2, 0.25) is 0 Å². The Morgan fingerprint density at radius 3 is 2.62 bits per heavy atom. The highest BCUT2D eigenvalue weighted by Crippen LogP contribution is 2.36. The van der Waals surface area contributed by atoms with Crippen molar-refractivity contribution >= 4 is 34.8 Å². The lowest BCUT2D eigenvalue weighted by Gasteiger charge is -2.42. The predicted octanol–water partition coefficient (Wildman–Crippen LogP) is 2.03. The molecule has 0 saturated carbocycles. The summed E-state index contributed by atoms with van der Waals surface area (Å²) in [6.07, 6.45) is 10.1. The molecule has 4 aliphatic heterocycles. The molecule has 8 rings (SSSR count). The molecule has 47 heavy (non-hydrogen) atoms. The number of aromatic nitrogens is 4. The monoisotopic (exact) mass is 638 g/mol. The average molecular weight is 639 g/mol. The van der Waals surface area contributed by atoms with Gasteiger partial charge in [-0.05, 0) is 37.5 Å². The molecule has 7 heterocycles. The number of anilines is 4. The fraction of sp³-hybridized carbons (Fsp3) is 0.471. The van der Waals surface area contributed by atoms with E-state index in [1.807, 2.05) is 12.1 Å². The van der Waals surface area contributed by atoms with Gasteiger partial charge in [-0.15, -0.1) is 0 Å². The molecule has 3 aromatic rings. The van der Waals surface area contributed by atoms with E-state index >= 15 is 0 Å². The van der Waals surface area contributed by atoms with Gasteiger partial charge in [0.15, 0.2) is 18.1 Å². The van der Waals surface area contributed by atoms with Crippen LogP contribution >= 0.6 is 0 Å². The summed E-state index contributed by atoms with van der Waals surface area (Å²) >= 11 is 0. The highest BCUT2D eigenvalue weighted by atomic mass is 16.5. The van der Waals surface area contributed by atoms with Crippen LogP contribution in [0.15, 0.2) is 52.9 Å². The van der Waals surface area contributed by atoms with E-state index in [9.17, 15) is 14.7 Å². The summed E-state index contributed by atoms with van der Waals surface area (Å²) in [6, 6.07) is 6.18. The van der Waals surface area contributed by atoms with E-state index in [1.165, 1.54) is 28.7 Å². The van der Waals surface area contributed by atoms with E-state index in [0.717, 1.165) is 63.8 Å². The molecule has 3 aromatic heterocycles. The first-order valence-corrected chi connectivity index (χ1v) is 16.6. The highest BCUT2D eigenvalue weighted by Gasteiger charge is 2.44. The van der Waals surface area contributed by atoms with Crippen LogP contribution in [-0.4, -0.2) is 104 Å². The first-order chi connectivity index (χ1) is 23.0. The van der Waals surface area contributed by atoms with E-state index < -0.39 is 0 Å². The second-order valence-electron chi connectivity index (χ2n) is 12.9. The van der Waals surface area contributed by atoms with Crippen LogP contribution in [0, 0.1) is 0 Å². The molecule has 13 nitrogen and oxygen atoms in total. The lowest BCUT2D eigenvalue weighted by Crippen LogP contribution is -2.56. The third kappa shape index (κ3) is 5.41. The van der Waals surface area contributed by atoms with E-state index in [-0.39, 0.29) is 23.9 Å². The molecule has 0 bridgehead atoms. The number of pyridine rings is 2. The Balaban J connectivity index is 1.02. The molecular formula is C34H40N9O4+. The fourth-order valence-corrected chi connectivity index (χ4v) is 7.51. The number of amides is 1. The van der Waals surface area contributed by atoms with Crippen molar-refractivity contribution in [3.63, 3.8) is 0 Å². The van der Waals surface area contributed by atoms with Crippen molar-refractivity contribution in [2.24, 2.45) is 7.05 Å². The number of allylic oxidation sites excluding steroid dienone is 2. The molecular weight excluding hydrogens is 598 g/mol. The quantitative estimate of drug-likeness (QED) is 0.371. The van der Waals surface area contributed by atoms with Crippen LogP contribution in [0.3, 0.4) is 0 Å². The summed E-state index contributed by atoms with van der Waals surface area (Å²) in [7, 11) is 1.67. The normalized spacial score (nSPS) is 20.4. The van der Waals surface area contributed by atoms with Crippen molar-refractivity contribution in [1.82, 2.24) is 24.4 Å². The number of aliphatic hydroxyl groups is 1. The maximum Gasteiger partial charge on any atom is 0.320 e. The van der Waals surface area contributed by atoms with Crippen LogP contribution in [-0.2, 0) is 23.2 Å². The lowest BCUT2D eigenvalue weighted by molar-refractivity contribution is -0.476. The van der Waals surface area contributed by atoms with Crippen LogP contribution in [0.2, 0.25) is 0 Å². The number of rotatable bonds is 7. The predicted molar refractivity (Wildman–Crippen MR) is 177 cm³/mol. The molecule has 2 saturated heterocycles. The fourth-order valence-electron chi connectivity index (χ4n) is 7.51. The molecule has 2 fully saturated rings. The molecule has 5 aliphatic rings. The summed E-state index contributed by atoms with van der Waals surface area (Å²) in [5.74, 6) is 1.40. The van der Waals surface area contributed by atoms with Crippen molar-refractivity contribution in [2.45, 2.75) is 44.8 Å². The number of aliphatic hydroxyl groups excluding tert-OH is 1. The Labute approximate surface area is 272 Å². The summed E-state index contributed by atoms with van der Waals surface area (Å²) < 4.78 is 9.03. The number of nitrogens with one attached hydrogen (secondary N) is 1. The van der Waals surface area contributed by atoms with Gasteiger partial charge in [-0.3, -0.25) is 19.4 Å². The maximum absolute atomic E-state index is 13.8. The Hall–Kier alpha value is -4.46. The van der Waals surface area contributed by atoms with Crippen molar-refractivity contribution in [3.05, 3.63) is 64.0 Å². The summed E-state index contributed by atoms with van der Waals surface area (Å²) in [4.78, 5) is 47.4. The van der Waals surface area contributed by atoms with E-state index in [2.05, 4.69) is 29.7 Å². The molecule has 2 N–H and O–H groups in total. The lowest BCUT2D eigenvalue weighted by atomic mass is 9.95. The minimum Gasteiger partial charge on any atom is -0.392 e. The van der Waals surface area contributed by atoms with Gasteiger partial charge in [-0.1, -0.05) is 0 Å². The number of nitrogens with zero attached hydrogens (tertiary/aromatic N) is 8. The second-order valence-corrected chi connectivity index (χ2v) is 12.9. The number of piperazine rings is 1. The van der Waals surface area contributed by atoms with Crippen molar-refractivity contribution < 1.29 is 19.2 Å². The first-order valence-electron chi connectivity index (χ1n) is 16.6. The van der Waals surface area contributed by atoms with Crippen LogP contribution in [0.4, 0.5) is 23.1 Å². The average Bonchev–Trinajstić information content (AvgIpc) is 3.46. The van der Waals surface area contributed by atoms with Gasteiger partial charge in [-0.25, -0.2) is 15.0 Å². The van der Waals surface area contributed by atoms with Gasteiger partial charge in [0, 0.05) is 68.7 Å². The minimum atomic E-state index is -0.336. The molecule has 244 valence electrons. The van der Waals surface area contributed by atoms with Gasteiger partial charge in [0.25, 0.3) is 11.3 Å². The first kappa shape index (κ1) is 29.9. The van der Waals surface area contributed by atoms with Gasteiger partial charge in [0.1, 0.15) is 11.6 Å². The molecule has 13 heteroatoms. The molecule has 0 unspecified atom stereocenters. The number of fused-ring (bicyclic) bond motifs is 1.